The molecule has 4 nitrogen and oxygen atoms in total. The van der Waals surface area contributed by atoms with Crippen LogP contribution in [0.2, 0.25) is 0 Å². The van der Waals surface area contributed by atoms with Crippen molar-refractivity contribution in [2.75, 3.05) is 6.54 Å². The van der Waals surface area contributed by atoms with E-state index >= 15 is 0 Å². The van der Waals surface area contributed by atoms with E-state index in [9.17, 15) is 4.79 Å². The van der Waals surface area contributed by atoms with Crippen LogP contribution in [0.1, 0.15) is 39.2 Å². The molecule has 1 heterocycles. The van der Waals surface area contributed by atoms with Gasteiger partial charge >= 0.3 is 0 Å². The van der Waals surface area contributed by atoms with Gasteiger partial charge in [-0.1, -0.05) is 18.2 Å². The van der Waals surface area contributed by atoms with E-state index in [0.29, 0.717) is 6.42 Å². The second kappa shape index (κ2) is 6.94. The minimum Gasteiger partial charge on any atom is -0.491 e. The molecule has 2 rings (SSSR count). The predicted octanol–water partition coefficient (Wildman–Crippen LogP) is 2.35. The quantitative estimate of drug-likeness (QED) is 0.926. The molecule has 1 fully saturated rings. The Bertz CT molecular complexity index is 487. The van der Waals surface area contributed by atoms with Crippen molar-refractivity contribution >= 4 is 5.91 Å². The van der Waals surface area contributed by atoms with E-state index in [1.165, 1.54) is 0 Å². The molecule has 1 aliphatic heterocycles. The van der Waals surface area contributed by atoms with Gasteiger partial charge in [0, 0.05) is 24.2 Å². The van der Waals surface area contributed by atoms with E-state index < -0.39 is 0 Å². The van der Waals surface area contributed by atoms with Gasteiger partial charge in [-0.3, -0.25) is 4.79 Å². The lowest BCUT2D eigenvalue weighted by Gasteiger charge is -2.36. The molecule has 2 N–H and O–H groups in total. The molecule has 2 atom stereocenters. The molecule has 1 amide bonds. The third-order valence-electron chi connectivity index (χ3n) is 3.91. The molecule has 1 aromatic rings. The number of hydrogen-bond acceptors (Lipinski definition) is 3. The normalized spacial score (nSPS) is 22.4. The van der Waals surface area contributed by atoms with E-state index in [2.05, 4.69) is 6.92 Å². The third-order valence-corrected chi connectivity index (χ3v) is 3.91. The molecule has 0 saturated carbocycles. The molecule has 21 heavy (non-hydrogen) atoms. The van der Waals surface area contributed by atoms with E-state index in [4.69, 9.17) is 10.5 Å². The molecule has 4 heteroatoms. The third kappa shape index (κ3) is 4.21. The van der Waals surface area contributed by atoms with E-state index in [-0.39, 0.29) is 24.1 Å². The van der Waals surface area contributed by atoms with Gasteiger partial charge < -0.3 is 15.4 Å². The Labute approximate surface area is 127 Å². The van der Waals surface area contributed by atoms with Crippen molar-refractivity contribution in [3.63, 3.8) is 0 Å². The molecule has 0 radical (unpaired) electrons. The number of likely N-dealkylation sites (tertiary alicyclic amines) is 1. The zero-order chi connectivity index (χ0) is 15.4. The molecule has 1 saturated heterocycles. The first-order valence-corrected chi connectivity index (χ1v) is 7.77. The SMILES string of the molecule is CC(C)Oc1ccccc1CC(=O)N1CC[C@@H](N)C[C@@H]1C. The largest absolute Gasteiger partial charge is 0.491 e. The second-order valence-corrected chi connectivity index (χ2v) is 6.17. The van der Waals surface area contributed by atoms with Gasteiger partial charge in [0.05, 0.1) is 12.5 Å². The summed E-state index contributed by atoms with van der Waals surface area (Å²) < 4.78 is 5.79. The van der Waals surface area contributed by atoms with Crippen molar-refractivity contribution in [2.24, 2.45) is 5.73 Å². The van der Waals surface area contributed by atoms with Gasteiger partial charge in [0.25, 0.3) is 0 Å². The number of carbonyl (C=O) groups excluding carboxylic acids is 1. The van der Waals surface area contributed by atoms with Crippen LogP contribution in [0.4, 0.5) is 0 Å². The van der Waals surface area contributed by atoms with Crippen LogP contribution in [-0.2, 0) is 11.2 Å². The lowest BCUT2D eigenvalue weighted by atomic mass is 9.98. The average molecular weight is 290 g/mol. The summed E-state index contributed by atoms with van der Waals surface area (Å²) in [5.74, 6) is 0.969. The Morgan fingerprint density at radius 3 is 2.81 bits per heavy atom. The highest BCUT2D eigenvalue weighted by Crippen LogP contribution is 2.23. The van der Waals surface area contributed by atoms with Crippen LogP contribution in [0.5, 0.6) is 5.75 Å². The highest BCUT2D eigenvalue weighted by atomic mass is 16.5. The fourth-order valence-corrected chi connectivity index (χ4v) is 2.86. The Balaban J connectivity index is 2.06. The molecule has 0 aliphatic carbocycles. The van der Waals surface area contributed by atoms with Crippen LogP contribution in [0.3, 0.4) is 0 Å². The number of piperidine rings is 1. The van der Waals surface area contributed by atoms with Crippen molar-refractivity contribution in [1.29, 1.82) is 0 Å². The number of para-hydroxylation sites is 1. The zero-order valence-corrected chi connectivity index (χ0v) is 13.2. The molecular formula is C17H26N2O2. The summed E-state index contributed by atoms with van der Waals surface area (Å²) in [6.07, 6.45) is 2.27. The van der Waals surface area contributed by atoms with Crippen LogP contribution in [0.15, 0.2) is 24.3 Å². The van der Waals surface area contributed by atoms with Crippen molar-refractivity contribution in [2.45, 2.75) is 58.2 Å². The first-order chi connectivity index (χ1) is 9.97. The number of hydrogen-bond donors (Lipinski definition) is 1. The number of rotatable bonds is 4. The summed E-state index contributed by atoms with van der Waals surface area (Å²) in [6, 6.07) is 8.23. The van der Waals surface area contributed by atoms with E-state index in [1.54, 1.807) is 0 Å². The maximum absolute atomic E-state index is 12.6. The smallest absolute Gasteiger partial charge is 0.227 e. The van der Waals surface area contributed by atoms with Crippen LogP contribution in [0.25, 0.3) is 0 Å². The molecule has 0 spiro atoms. The number of nitrogens with two attached hydrogens (primary N) is 1. The highest BCUT2D eigenvalue weighted by molar-refractivity contribution is 5.80. The van der Waals surface area contributed by atoms with Gasteiger partial charge in [-0.15, -0.1) is 0 Å². The van der Waals surface area contributed by atoms with E-state index in [1.807, 2.05) is 43.0 Å². The number of carbonyl (C=O) groups is 1. The predicted molar refractivity (Wildman–Crippen MR) is 84.3 cm³/mol. The standard InChI is InChI=1S/C17H26N2O2/c1-12(2)21-16-7-5-4-6-14(16)11-17(20)19-9-8-15(18)10-13(19)3/h4-7,12-13,15H,8-11,18H2,1-3H3/t13-,15+/m0/s1. The Kier molecular flexibility index (Phi) is 5.23. The summed E-state index contributed by atoms with van der Waals surface area (Å²) in [7, 11) is 0. The first-order valence-electron chi connectivity index (χ1n) is 7.77. The van der Waals surface area contributed by atoms with Crippen LogP contribution in [-0.4, -0.2) is 35.5 Å². The zero-order valence-electron chi connectivity index (χ0n) is 13.2. The molecule has 0 unspecified atom stereocenters. The molecule has 1 aliphatic rings. The molecular weight excluding hydrogens is 264 g/mol. The maximum Gasteiger partial charge on any atom is 0.227 e. The average Bonchev–Trinajstić information content (AvgIpc) is 2.40. The van der Waals surface area contributed by atoms with Crippen molar-refractivity contribution in [3.8, 4) is 5.75 Å². The summed E-state index contributed by atoms with van der Waals surface area (Å²) in [5.41, 5.74) is 6.92. The molecule has 1 aromatic carbocycles. The lowest BCUT2D eigenvalue weighted by Crippen LogP contribution is -2.48. The summed E-state index contributed by atoms with van der Waals surface area (Å²) in [5, 5.41) is 0. The number of amides is 1. The fourth-order valence-electron chi connectivity index (χ4n) is 2.86. The van der Waals surface area contributed by atoms with Gasteiger partial charge in [0.2, 0.25) is 5.91 Å². The van der Waals surface area contributed by atoms with Crippen molar-refractivity contribution < 1.29 is 9.53 Å². The van der Waals surface area contributed by atoms with Gasteiger partial charge in [-0.25, -0.2) is 0 Å². The molecule has 0 aromatic heterocycles. The van der Waals surface area contributed by atoms with E-state index in [0.717, 1.165) is 30.7 Å². The lowest BCUT2D eigenvalue weighted by molar-refractivity contribution is -0.133. The topological polar surface area (TPSA) is 55.6 Å². The minimum absolute atomic E-state index is 0.105. The van der Waals surface area contributed by atoms with Crippen molar-refractivity contribution in [3.05, 3.63) is 29.8 Å². The van der Waals surface area contributed by atoms with Crippen LogP contribution in [0, 0.1) is 0 Å². The van der Waals surface area contributed by atoms with Crippen LogP contribution >= 0.6 is 0 Å². The second-order valence-electron chi connectivity index (χ2n) is 6.17. The number of ether oxygens (including phenoxy) is 1. The molecule has 0 bridgehead atoms. The first kappa shape index (κ1) is 15.8. The summed E-state index contributed by atoms with van der Waals surface area (Å²) >= 11 is 0. The highest BCUT2D eigenvalue weighted by Gasteiger charge is 2.27. The van der Waals surface area contributed by atoms with Crippen LogP contribution < -0.4 is 10.5 Å². The van der Waals surface area contributed by atoms with Gasteiger partial charge in [-0.05, 0) is 39.7 Å². The van der Waals surface area contributed by atoms with Gasteiger partial charge in [0.15, 0.2) is 0 Å². The summed E-state index contributed by atoms with van der Waals surface area (Å²) in [6.45, 7) is 6.82. The monoisotopic (exact) mass is 290 g/mol. The Morgan fingerprint density at radius 2 is 2.14 bits per heavy atom. The fraction of sp³-hybridized carbons (Fsp3) is 0.588. The minimum atomic E-state index is 0.105. The molecule has 116 valence electrons. The Morgan fingerprint density at radius 1 is 1.43 bits per heavy atom. The van der Waals surface area contributed by atoms with Crippen molar-refractivity contribution in [1.82, 2.24) is 4.90 Å². The number of benzene rings is 1. The van der Waals surface area contributed by atoms with Gasteiger partial charge in [0.1, 0.15) is 5.75 Å². The van der Waals surface area contributed by atoms with Gasteiger partial charge in [-0.2, -0.15) is 0 Å². The maximum atomic E-state index is 12.6. The summed E-state index contributed by atoms with van der Waals surface area (Å²) in [4.78, 5) is 14.5. The Hall–Kier alpha value is -1.55. The number of nitrogens with zero attached hydrogens (tertiary/aromatic N) is 1.